The van der Waals surface area contributed by atoms with Gasteiger partial charge in [0, 0.05) is 6.54 Å². The van der Waals surface area contributed by atoms with E-state index >= 15 is 0 Å². The molecule has 10 heteroatoms. The van der Waals surface area contributed by atoms with Crippen molar-refractivity contribution < 1.29 is 29.0 Å². The minimum atomic E-state index is -1.21. The van der Waals surface area contributed by atoms with E-state index in [1.807, 2.05) is 0 Å². The lowest BCUT2D eigenvalue weighted by atomic mass is 10.1. The molecule has 0 unspecified atom stereocenters. The smallest absolute Gasteiger partial charge is 0.408 e. The maximum atomic E-state index is 11.6. The second kappa shape index (κ2) is 9.49. The molecule has 0 spiro atoms. The van der Waals surface area contributed by atoms with E-state index in [-0.39, 0.29) is 13.0 Å². The van der Waals surface area contributed by atoms with Crippen LogP contribution in [-0.4, -0.2) is 53.8 Å². The zero-order chi connectivity index (χ0) is 18.0. The van der Waals surface area contributed by atoms with Crippen LogP contribution in [0, 0.1) is 0 Å². The molecule has 0 radical (unpaired) electrons. The van der Waals surface area contributed by atoms with Crippen LogP contribution in [0.25, 0.3) is 0 Å². The van der Waals surface area contributed by atoms with Crippen LogP contribution in [0.15, 0.2) is 0 Å². The molecule has 0 aliphatic rings. The Morgan fingerprint density at radius 1 is 1.17 bits per heavy atom. The van der Waals surface area contributed by atoms with E-state index in [1.54, 1.807) is 20.8 Å². The Kier molecular flexibility index (Phi) is 8.45. The van der Waals surface area contributed by atoms with Crippen molar-refractivity contribution in [3.8, 4) is 0 Å². The van der Waals surface area contributed by atoms with Gasteiger partial charge in [0.25, 0.3) is 0 Å². The number of nitrogens with one attached hydrogen (secondary N) is 3. The fourth-order valence-electron chi connectivity index (χ4n) is 1.49. The summed E-state index contributed by atoms with van der Waals surface area (Å²) in [6.07, 6.45) is -0.349. The van der Waals surface area contributed by atoms with Gasteiger partial charge in [0.15, 0.2) is 0 Å². The monoisotopic (exact) mass is 332 g/mol. The van der Waals surface area contributed by atoms with Crippen LogP contribution in [-0.2, 0) is 14.3 Å². The van der Waals surface area contributed by atoms with E-state index in [0.29, 0.717) is 6.42 Å². The molecule has 0 bridgehead atoms. The molecule has 0 aromatic rings. The molecular formula is C13H24N4O6. The molecule has 4 amide bonds. The van der Waals surface area contributed by atoms with Crippen molar-refractivity contribution >= 4 is 24.0 Å². The highest BCUT2D eigenvalue weighted by atomic mass is 16.6. The Balaban J connectivity index is 4.17. The minimum Gasteiger partial charge on any atom is -0.480 e. The van der Waals surface area contributed by atoms with Crippen molar-refractivity contribution in [1.82, 2.24) is 16.0 Å². The number of hydrogen-bond donors (Lipinski definition) is 5. The Morgan fingerprint density at radius 3 is 2.26 bits per heavy atom. The van der Waals surface area contributed by atoms with Crippen molar-refractivity contribution in [2.75, 3.05) is 13.1 Å². The third-order valence-electron chi connectivity index (χ3n) is 2.39. The first-order valence-electron chi connectivity index (χ1n) is 7.03. The van der Waals surface area contributed by atoms with Crippen LogP contribution in [0.4, 0.5) is 9.59 Å². The lowest BCUT2D eigenvalue weighted by molar-refractivity contribution is -0.141. The van der Waals surface area contributed by atoms with Crippen LogP contribution in [0.2, 0.25) is 0 Å². The number of carbonyl (C=O) groups excluding carboxylic acids is 3. The molecular weight excluding hydrogens is 308 g/mol. The number of carboxylic acid groups (broad SMARTS) is 1. The van der Waals surface area contributed by atoms with Gasteiger partial charge in [0.1, 0.15) is 18.2 Å². The highest BCUT2D eigenvalue weighted by molar-refractivity contribution is 5.86. The van der Waals surface area contributed by atoms with Gasteiger partial charge in [-0.25, -0.2) is 14.4 Å². The summed E-state index contributed by atoms with van der Waals surface area (Å²) in [5.74, 6) is -1.87. The number of hydrogen-bond acceptors (Lipinski definition) is 5. The van der Waals surface area contributed by atoms with Crippen molar-refractivity contribution in [2.24, 2.45) is 5.73 Å². The molecule has 0 aliphatic carbocycles. The number of ether oxygens (including phenoxy) is 1. The lowest BCUT2D eigenvalue weighted by Gasteiger charge is -2.20. The minimum absolute atomic E-state index is 0.105. The Labute approximate surface area is 134 Å². The largest absolute Gasteiger partial charge is 0.480 e. The van der Waals surface area contributed by atoms with E-state index in [4.69, 9.17) is 15.6 Å². The van der Waals surface area contributed by atoms with Crippen LogP contribution >= 0.6 is 0 Å². The molecule has 0 aromatic carbocycles. The second-order valence-electron chi connectivity index (χ2n) is 5.75. The molecule has 10 nitrogen and oxygen atoms in total. The number of urea groups is 1. The van der Waals surface area contributed by atoms with Gasteiger partial charge in [-0.3, -0.25) is 4.79 Å². The number of carboxylic acids is 1. The molecule has 0 fully saturated rings. The molecule has 132 valence electrons. The third kappa shape index (κ3) is 11.8. The third-order valence-corrected chi connectivity index (χ3v) is 2.39. The van der Waals surface area contributed by atoms with E-state index in [1.165, 1.54) is 0 Å². The van der Waals surface area contributed by atoms with Gasteiger partial charge in [-0.1, -0.05) is 0 Å². The number of amides is 4. The molecule has 1 atom stereocenters. The molecule has 0 aliphatic heterocycles. The maximum absolute atomic E-state index is 11.6. The maximum Gasteiger partial charge on any atom is 0.408 e. The Morgan fingerprint density at radius 2 is 1.78 bits per heavy atom. The summed E-state index contributed by atoms with van der Waals surface area (Å²) < 4.78 is 4.94. The van der Waals surface area contributed by atoms with Gasteiger partial charge >= 0.3 is 18.1 Å². The van der Waals surface area contributed by atoms with Crippen molar-refractivity contribution in [3.05, 3.63) is 0 Å². The average Bonchev–Trinajstić information content (AvgIpc) is 2.37. The average molecular weight is 332 g/mol. The van der Waals surface area contributed by atoms with Gasteiger partial charge in [-0.2, -0.15) is 0 Å². The topological polar surface area (TPSA) is 160 Å². The number of alkyl carbamates (subject to hydrolysis) is 1. The molecule has 0 heterocycles. The van der Waals surface area contributed by atoms with Gasteiger partial charge < -0.3 is 31.5 Å². The van der Waals surface area contributed by atoms with Gasteiger partial charge in [0.2, 0.25) is 5.91 Å². The lowest BCUT2D eigenvalue weighted by Crippen LogP contribution is -2.46. The zero-order valence-electron chi connectivity index (χ0n) is 13.5. The number of aliphatic carboxylic acids is 1. The molecule has 0 saturated heterocycles. The van der Waals surface area contributed by atoms with Gasteiger partial charge in [-0.05, 0) is 33.6 Å². The second-order valence-corrected chi connectivity index (χ2v) is 5.75. The van der Waals surface area contributed by atoms with Crippen LogP contribution in [0.5, 0.6) is 0 Å². The Bertz CT molecular complexity index is 446. The first-order valence-corrected chi connectivity index (χ1v) is 7.03. The summed E-state index contributed by atoms with van der Waals surface area (Å²) in [7, 11) is 0. The normalized spacial score (nSPS) is 12.0. The molecule has 23 heavy (non-hydrogen) atoms. The summed E-state index contributed by atoms with van der Waals surface area (Å²) in [6, 6.07) is -1.83. The van der Waals surface area contributed by atoms with Crippen molar-refractivity contribution in [1.29, 1.82) is 0 Å². The van der Waals surface area contributed by atoms with Gasteiger partial charge in [0.05, 0.1) is 0 Å². The fraction of sp³-hybridized carbons (Fsp3) is 0.692. The van der Waals surface area contributed by atoms with E-state index in [9.17, 15) is 19.2 Å². The summed E-state index contributed by atoms with van der Waals surface area (Å²) in [5.41, 5.74) is 4.18. The molecule has 6 N–H and O–H groups in total. The summed E-state index contributed by atoms with van der Waals surface area (Å²) in [4.78, 5) is 44.5. The van der Waals surface area contributed by atoms with E-state index in [0.717, 1.165) is 0 Å². The fourth-order valence-corrected chi connectivity index (χ4v) is 1.49. The predicted octanol–water partition coefficient (Wildman–Crippen LogP) is -0.471. The number of nitrogens with two attached hydrogens (primary N) is 1. The number of carbonyl (C=O) groups is 4. The molecule has 0 saturated carbocycles. The van der Waals surface area contributed by atoms with E-state index in [2.05, 4.69) is 16.0 Å². The first kappa shape index (κ1) is 20.5. The predicted molar refractivity (Wildman–Crippen MR) is 80.6 cm³/mol. The van der Waals surface area contributed by atoms with Crippen molar-refractivity contribution in [3.63, 3.8) is 0 Å². The summed E-state index contributed by atoms with van der Waals surface area (Å²) >= 11 is 0. The first-order chi connectivity index (χ1) is 10.5. The highest BCUT2D eigenvalue weighted by Crippen LogP contribution is 2.06. The highest BCUT2D eigenvalue weighted by Gasteiger charge is 2.21. The van der Waals surface area contributed by atoms with Crippen molar-refractivity contribution in [2.45, 2.75) is 45.3 Å². The zero-order valence-corrected chi connectivity index (χ0v) is 13.5. The Hall–Kier alpha value is -2.52. The van der Waals surface area contributed by atoms with Gasteiger partial charge in [-0.15, -0.1) is 0 Å². The summed E-state index contributed by atoms with van der Waals surface area (Å²) in [6.45, 7) is 4.82. The van der Waals surface area contributed by atoms with Crippen LogP contribution < -0.4 is 21.7 Å². The van der Waals surface area contributed by atoms with Crippen LogP contribution in [0.3, 0.4) is 0 Å². The number of primary amides is 1. The van der Waals surface area contributed by atoms with Crippen LogP contribution in [0.1, 0.15) is 33.6 Å². The number of rotatable bonds is 8. The SMILES string of the molecule is CC(C)(C)OC(=O)NCC(=O)N[C@@H](CCCNC(N)=O)C(=O)O. The standard InChI is InChI=1S/C13H24N4O6/c1-13(2,3)23-12(22)16-7-9(18)17-8(10(19)20)5-4-6-15-11(14)21/h8H,4-7H2,1-3H3,(H,16,22)(H,17,18)(H,19,20)(H3,14,15,21)/t8-/m0/s1. The molecule has 0 rings (SSSR count). The summed E-state index contributed by atoms with van der Waals surface area (Å²) in [5, 5.41) is 15.8. The molecule has 0 aromatic heterocycles. The quantitative estimate of drug-likeness (QED) is 0.378. The van der Waals surface area contributed by atoms with E-state index < -0.39 is 42.2 Å².